The van der Waals surface area contributed by atoms with E-state index in [1.54, 1.807) is 0 Å². The zero-order valence-corrected chi connectivity index (χ0v) is 14.2. The molecule has 0 amide bonds. The number of halogens is 4. The van der Waals surface area contributed by atoms with Crippen LogP contribution in [-0.4, -0.2) is 77.2 Å². The summed E-state index contributed by atoms with van der Waals surface area (Å²) >= 11 is 0. The fourth-order valence-electron chi connectivity index (χ4n) is 2.09. The Labute approximate surface area is 135 Å². The Morgan fingerprint density at radius 2 is 1.86 bits per heavy atom. The first kappa shape index (κ1) is 21.9. The molecule has 0 bridgehead atoms. The Morgan fingerprint density at radius 3 is 2.32 bits per heavy atom. The minimum absolute atomic E-state index is 0. The van der Waals surface area contributed by atoms with Crippen LogP contribution >= 0.6 is 12.4 Å². The van der Waals surface area contributed by atoms with Crippen LogP contribution in [0.1, 0.15) is 6.92 Å². The number of alkyl halides is 3. The van der Waals surface area contributed by atoms with E-state index in [0.717, 1.165) is 0 Å². The van der Waals surface area contributed by atoms with Gasteiger partial charge in [0.1, 0.15) is 6.04 Å². The number of nitrogens with zero attached hydrogens (tertiary/aromatic N) is 1. The van der Waals surface area contributed by atoms with Gasteiger partial charge in [-0.25, -0.2) is 13.1 Å². The molecule has 1 aliphatic heterocycles. The van der Waals surface area contributed by atoms with Crippen LogP contribution in [0.25, 0.3) is 0 Å². The second-order valence-electron chi connectivity index (χ2n) is 5.02. The molecule has 0 aromatic carbocycles. The zero-order valence-electron chi connectivity index (χ0n) is 12.5. The molecule has 2 atom stereocenters. The quantitative estimate of drug-likeness (QED) is 0.671. The van der Waals surface area contributed by atoms with Crippen molar-refractivity contribution in [3.05, 3.63) is 0 Å². The molecule has 0 radical (unpaired) electrons. The van der Waals surface area contributed by atoms with E-state index in [4.69, 9.17) is 4.74 Å². The van der Waals surface area contributed by atoms with Crippen molar-refractivity contribution in [1.29, 1.82) is 0 Å². The molecule has 0 aromatic heterocycles. The van der Waals surface area contributed by atoms with E-state index in [0.29, 0.717) is 13.1 Å². The lowest BCUT2D eigenvalue weighted by molar-refractivity contribution is -0.182. The molecule has 2 N–H and O–H groups in total. The van der Waals surface area contributed by atoms with Crippen LogP contribution in [0.2, 0.25) is 0 Å². The highest BCUT2D eigenvalue weighted by Crippen LogP contribution is 2.24. The topological polar surface area (TPSA) is 70.7 Å². The smallest absolute Gasteiger partial charge is 0.381 e. The highest BCUT2D eigenvalue weighted by molar-refractivity contribution is 7.89. The summed E-state index contributed by atoms with van der Waals surface area (Å²) < 4.78 is 69.6. The van der Waals surface area contributed by atoms with Crippen molar-refractivity contribution in [3.63, 3.8) is 0 Å². The number of sulfonamides is 1. The minimum atomic E-state index is -4.48. The minimum Gasteiger partial charge on any atom is -0.381 e. The third kappa shape index (κ3) is 7.42. The molecular formula is C11H23ClF3N3O3S. The van der Waals surface area contributed by atoms with Crippen molar-refractivity contribution in [2.45, 2.75) is 25.2 Å². The third-order valence-electron chi connectivity index (χ3n) is 3.32. The lowest BCUT2D eigenvalue weighted by atomic mass is 10.2. The summed E-state index contributed by atoms with van der Waals surface area (Å²) in [6.45, 7) is 2.25. The summed E-state index contributed by atoms with van der Waals surface area (Å²) in [7, 11) is -2.46. The van der Waals surface area contributed by atoms with Crippen LogP contribution in [0.3, 0.4) is 0 Å². The first-order valence-corrected chi connectivity index (χ1v) is 8.32. The summed E-state index contributed by atoms with van der Waals surface area (Å²) in [5, 5.41) is 2.96. The average molecular weight is 370 g/mol. The molecule has 134 valence electrons. The van der Waals surface area contributed by atoms with Gasteiger partial charge in [0.15, 0.2) is 0 Å². The van der Waals surface area contributed by atoms with Crippen LogP contribution in [0.5, 0.6) is 0 Å². The van der Waals surface area contributed by atoms with Gasteiger partial charge in [-0.2, -0.15) is 13.2 Å². The maximum Gasteiger partial charge on any atom is 0.405 e. The molecule has 6 nitrogen and oxygen atoms in total. The molecule has 1 saturated heterocycles. The van der Waals surface area contributed by atoms with Gasteiger partial charge in [-0.3, -0.25) is 4.90 Å². The van der Waals surface area contributed by atoms with Crippen molar-refractivity contribution in [1.82, 2.24) is 14.9 Å². The molecule has 1 aliphatic rings. The number of hydrogen-bond acceptors (Lipinski definition) is 5. The van der Waals surface area contributed by atoms with E-state index in [1.807, 2.05) is 4.72 Å². The number of hydrogen-bond donors (Lipinski definition) is 2. The number of piperazine rings is 1. The van der Waals surface area contributed by atoms with Crippen molar-refractivity contribution >= 4 is 22.4 Å². The number of rotatable bonds is 7. The van der Waals surface area contributed by atoms with Crippen molar-refractivity contribution in [2.24, 2.45) is 0 Å². The summed E-state index contributed by atoms with van der Waals surface area (Å²) in [5.74, 6) is -0.365. The predicted octanol–water partition coefficient (Wildman–Crippen LogP) is 0.199. The van der Waals surface area contributed by atoms with Gasteiger partial charge < -0.3 is 10.1 Å². The molecule has 1 heterocycles. The van der Waals surface area contributed by atoms with Crippen LogP contribution in [0.4, 0.5) is 13.2 Å². The second-order valence-corrected chi connectivity index (χ2v) is 6.87. The first-order valence-electron chi connectivity index (χ1n) is 6.67. The van der Waals surface area contributed by atoms with E-state index < -0.39 is 34.9 Å². The first-order chi connectivity index (χ1) is 9.65. The lowest BCUT2D eigenvalue weighted by Gasteiger charge is -2.35. The van der Waals surface area contributed by atoms with E-state index in [1.165, 1.54) is 18.9 Å². The average Bonchev–Trinajstić information content (AvgIpc) is 2.37. The van der Waals surface area contributed by atoms with Gasteiger partial charge in [0.25, 0.3) is 0 Å². The van der Waals surface area contributed by atoms with E-state index in [9.17, 15) is 21.6 Å². The van der Waals surface area contributed by atoms with E-state index in [2.05, 4.69) is 5.32 Å². The molecule has 0 saturated carbocycles. The molecule has 11 heteroatoms. The highest BCUT2D eigenvalue weighted by Gasteiger charge is 2.44. The summed E-state index contributed by atoms with van der Waals surface area (Å²) in [5.41, 5.74) is 0. The summed E-state index contributed by atoms with van der Waals surface area (Å²) in [6, 6.07) is -1.81. The number of nitrogens with one attached hydrogen (secondary N) is 2. The summed E-state index contributed by atoms with van der Waals surface area (Å²) in [6.07, 6.45) is -5.06. The van der Waals surface area contributed by atoms with Crippen molar-refractivity contribution in [2.75, 3.05) is 45.6 Å². The monoisotopic (exact) mass is 369 g/mol. The molecule has 0 spiro atoms. The zero-order chi connectivity index (χ0) is 16.1. The lowest BCUT2D eigenvalue weighted by Crippen LogP contribution is -2.57. The Kier molecular flexibility index (Phi) is 9.18. The molecule has 0 aromatic rings. The van der Waals surface area contributed by atoms with E-state index >= 15 is 0 Å². The SMILES string of the molecule is COC(C)CS(=O)(=O)NCC(N1CCNCC1)C(F)(F)F.Cl. The van der Waals surface area contributed by atoms with Gasteiger partial charge in [-0.15, -0.1) is 12.4 Å². The largest absolute Gasteiger partial charge is 0.405 e. The van der Waals surface area contributed by atoms with Crippen molar-refractivity contribution < 1.29 is 26.3 Å². The molecular weight excluding hydrogens is 347 g/mol. The fraction of sp³-hybridized carbons (Fsp3) is 1.00. The van der Waals surface area contributed by atoms with Crippen LogP contribution < -0.4 is 10.0 Å². The van der Waals surface area contributed by atoms with E-state index in [-0.39, 0.29) is 31.2 Å². The highest BCUT2D eigenvalue weighted by atomic mass is 35.5. The predicted molar refractivity (Wildman–Crippen MR) is 79.8 cm³/mol. The maximum absolute atomic E-state index is 13.1. The second kappa shape index (κ2) is 9.24. The van der Waals surface area contributed by atoms with Gasteiger partial charge in [0.2, 0.25) is 10.0 Å². The Hall–Kier alpha value is -0.130. The number of methoxy groups -OCH3 is 1. The van der Waals surface area contributed by atoms with Crippen LogP contribution in [0, 0.1) is 0 Å². The van der Waals surface area contributed by atoms with Crippen LogP contribution in [0.15, 0.2) is 0 Å². The van der Waals surface area contributed by atoms with Gasteiger partial charge in [0.05, 0.1) is 11.9 Å². The molecule has 1 fully saturated rings. The van der Waals surface area contributed by atoms with Gasteiger partial charge in [-0.05, 0) is 6.92 Å². The molecule has 22 heavy (non-hydrogen) atoms. The Balaban J connectivity index is 0.00000441. The molecule has 1 rings (SSSR count). The maximum atomic E-state index is 13.1. The van der Waals surface area contributed by atoms with Gasteiger partial charge >= 0.3 is 6.18 Å². The Morgan fingerprint density at radius 1 is 1.32 bits per heavy atom. The van der Waals surface area contributed by atoms with Crippen LogP contribution in [-0.2, 0) is 14.8 Å². The third-order valence-corrected chi connectivity index (χ3v) is 4.84. The Bertz CT molecular complexity index is 417. The van der Waals surface area contributed by atoms with Crippen molar-refractivity contribution in [3.8, 4) is 0 Å². The summed E-state index contributed by atoms with van der Waals surface area (Å²) in [4.78, 5) is 1.25. The fourth-order valence-corrected chi connectivity index (χ4v) is 3.37. The molecule has 0 aliphatic carbocycles. The van der Waals surface area contributed by atoms with Gasteiger partial charge in [-0.1, -0.05) is 0 Å². The molecule has 2 unspecified atom stereocenters. The number of ether oxygens (including phenoxy) is 1. The normalized spacial score (nSPS) is 20.2. The van der Waals surface area contributed by atoms with Gasteiger partial charge in [0, 0.05) is 39.8 Å². The standard InChI is InChI=1S/C11H22F3N3O3S.ClH/c1-9(20-2)8-21(18,19)16-7-10(11(12,13)14)17-5-3-15-4-6-17;/h9-10,15-16H,3-8H2,1-2H3;1H.